The number of sulfonamides is 1. The van der Waals surface area contributed by atoms with Gasteiger partial charge in [0.1, 0.15) is 5.82 Å². The molecule has 0 aliphatic carbocycles. The molecule has 2 aromatic carbocycles. The molecule has 1 N–H and O–H groups in total. The van der Waals surface area contributed by atoms with Gasteiger partial charge in [-0.1, -0.05) is 30.3 Å². The van der Waals surface area contributed by atoms with Gasteiger partial charge in [0.05, 0.1) is 10.6 Å². The minimum Gasteiger partial charge on any atom is -0.282 e. The van der Waals surface area contributed by atoms with E-state index in [-0.39, 0.29) is 17.3 Å². The number of hydrogen-bond acceptors (Lipinski definition) is 3. The minimum atomic E-state index is -3.57. The SMILES string of the molecule is O=S(=O)(c1ccccc1)N1CCc2[nH]nc(-c3cccc(F)c3)c2C1. The molecule has 4 rings (SSSR count). The zero-order chi connectivity index (χ0) is 17.4. The average Bonchev–Trinajstić information content (AvgIpc) is 3.05. The quantitative estimate of drug-likeness (QED) is 0.784. The van der Waals surface area contributed by atoms with E-state index in [4.69, 9.17) is 0 Å². The molecule has 0 spiro atoms. The highest BCUT2D eigenvalue weighted by molar-refractivity contribution is 7.89. The number of nitrogens with zero attached hydrogens (tertiary/aromatic N) is 2. The molecule has 0 saturated heterocycles. The molecule has 0 amide bonds. The van der Waals surface area contributed by atoms with Crippen LogP contribution < -0.4 is 0 Å². The van der Waals surface area contributed by atoms with Crippen LogP contribution in [0.2, 0.25) is 0 Å². The van der Waals surface area contributed by atoms with Crippen molar-refractivity contribution >= 4 is 10.0 Å². The van der Waals surface area contributed by atoms with Gasteiger partial charge < -0.3 is 0 Å². The number of rotatable bonds is 3. The maximum Gasteiger partial charge on any atom is 0.243 e. The van der Waals surface area contributed by atoms with Gasteiger partial charge in [0.2, 0.25) is 10.0 Å². The number of hydrogen-bond donors (Lipinski definition) is 1. The van der Waals surface area contributed by atoms with Gasteiger partial charge in [-0.15, -0.1) is 0 Å². The molecule has 3 aromatic rings. The van der Waals surface area contributed by atoms with E-state index in [1.165, 1.54) is 16.4 Å². The molecule has 7 heteroatoms. The van der Waals surface area contributed by atoms with Crippen LogP contribution in [0.25, 0.3) is 11.3 Å². The van der Waals surface area contributed by atoms with Crippen LogP contribution in [0.4, 0.5) is 4.39 Å². The number of fused-ring (bicyclic) bond motifs is 1. The number of nitrogens with one attached hydrogen (secondary N) is 1. The van der Waals surface area contributed by atoms with Crippen molar-refractivity contribution in [2.75, 3.05) is 6.54 Å². The first kappa shape index (κ1) is 16.0. The van der Waals surface area contributed by atoms with Gasteiger partial charge in [-0.25, -0.2) is 12.8 Å². The third-order valence-electron chi connectivity index (χ3n) is 4.38. The van der Waals surface area contributed by atoms with Gasteiger partial charge in [-0.05, 0) is 24.3 Å². The lowest BCUT2D eigenvalue weighted by molar-refractivity contribution is 0.390. The lowest BCUT2D eigenvalue weighted by atomic mass is 10.0. The van der Waals surface area contributed by atoms with Crippen LogP contribution in [0.1, 0.15) is 11.3 Å². The van der Waals surface area contributed by atoms with Gasteiger partial charge >= 0.3 is 0 Å². The third-order valence-corrected chi connectivity index (χ3v) is 6.24. The lowest BCUT2D eigenvalue weighted by Crippen LogP contribution is -2.35. The van der Waals surface area contributed by atoms with Crippen molar-refractivity contribution in [1.29, 1.82) is 0 Å². The van der Waals surface area contributed by atoms with E-state index in [0.717, 1.165) is 11.3 Å². The zero-order valence-electron chi connectivity index (χ0n) is 13.3. The van der Waals surface area contributed by atoms with E-state index in [1.807, 2.05) is 0 Å². The predicted molar refractivity (Wildman–Crippen MR) is 91.7 cm³/mol. The summed E-state index contributed by atoms with van der Waals surface area (Å²) in [6.07, 6.45) is 0.545. The van der Waals surface area contributed by atoms with Crippen LogP contribution in [0.5, 0.6) is 0 Å². The van der Waals surface area contributed by atoms with Crippen LogP contribution in [0, 0.1) is 5.82 Å². The number of aromatic nitrogens is 2. The smallest absolute Gasteiger partial charge is 0.243 e. The highest BCUT2D eigenvalue weighted by atomic mass is 32.2. The molecular formula is C18H16FN3O2S. The highest BCUT2D eigenvalue weighted by Gasteiger charge is 2.31. The number of aromatic amines is 1. The summed E-state index contributed by atoms with van der Waals surface area (Å²) in [4.78, 5) is 0.272. The second-order valence-electron chi connectivity index (χ2n) is 5.94. The Morgan fingerprint density at radius 1 is 1.08 bits per heavy atom. The molecule has 2 heterocycles. The molecule has 1 aliphatic rings. The monoisotopic (exact) mass is 357 g/mol. The Morgan fingerprint density at radius 3 is 2.64 bits per heavy atom. The molecule has 0 unspecified atom stereocenters. The van der Waals surface area contributed by atoms with E-state index in [9.17, 15) is 12.8 Å². The molecule has 0 bridgehead atoms. The summed E-state index contributed by atoms with van der Waals surface area (Å²) < 4.78 is 40.7. The first-order valence-electron chi connectivity index (χ1n) is 7.93. The molecule has 1 aliphatic heterocycles. The predicted octanol–water partition coefficient (Wildman–Crippen LogP) is 2.96. The number of halogens is 1. The third kappa shape index (κ3) is 2.85. The van der Waals surface area contributed by atoms with Crippen LogP contribution in [-0.4, -0.2) is 29.5 Å². The van der Waals surface area contributed by atoms with Crippen molar-refractivity contribution in [3.63, 3.8) is 0 Å². The van der Waals surface area contributed by atoms with Crippen LogP contribution in [-0.2, 0) is 23.0 Å². The second kappa shape index (κ2) is 6.09. The van der Waals surface area contributed by atoms with E-state index in [2.05, 4.69) is 10.2 Å². The van der Waals surface area contributed by atoms with Crippen LogP contribution in [0.3, 0.4) is 0 Å². The van der Waals surface area contributed by atoms with Crippen molar-refractivity contribution in [3.05, 3.63) is 71.7 Å². The first-order chi connectivity index (χ1) is 12.1. The fraction of sp³-hybridized carbons (Fsp3) is 0.167. The van der Waals surface area contributed by atoms with E-state index in [1.54, 1.807) is 42.5 Å². The van der Waals surface area contributed by atoms with Crippen molar-refractivity contribution in [2.45, 2.75) is 17.9 Å². The standard InChI is InChI=1S/C18H16FN3O2S/c19-14-6-4-5-13(11-14)18-16-12-22(10-9-17(16)20-21-18)25(23,24)15-7-2-1-3-8-15/h1-8,11H,9-10,12H2,(H,20,21). The second-order valence-corrected chi connectivity index (χ2v) is 7.88. The van der Waals surface area contributed by atoms with E-state index >= 15 is 0 Å². The van der Waals surface area contributed by atoms with Crippen molar-refractivity contribution < 1.29 is 12.8 Å². The summed E-state index contributed by atoms with van der Waals surface area (Å²) >= 11 is 0. The van der Waals surface area contributed by atoms with Gasteiger partial charge in [0, 0.05) is 36.3 Å². The molecule has 0 atom stereocenters. The molecule has 0 radical (unpaired) electrons. The minimum absolute atomic E-state index is 0.217. The zero-order valence-corrected chi connectivity index (χ0v) is 14.1. The first-order valence-corrected chi connectivity index (χ1v) is 9.37. The fourth-order valence-electron chi connectivity index (χ4n) is 3.09. The summed E-state index contributed by atoms with van der Waals surface area (Å²) in [6, 6.07) is 14.5. The van der Waals surface area contributed by atoms with Crippen molar-refractivity contribution in [3.8, 4) is 11.3 Å². The van der Waals surface area contributed by atoms with Crippen LogP contribution >= 0.6 is 0 Å². The Labute approximate surface area is 145 Å². The summed E-state index contributed by atoms with van der Waals surface area (Å²) in [6.45, 7) is 0.601. The van der Waals surface area contributed by atoms with Gasteiger partial charge in [-0.2, -0.15) is 9.40 Å². The molecule has 128 valence electrons. The Kier molecular flexibility index (Phi) is 3.89. The van der Waals surface area contributed by atoms with Gasteiger partial charge in [-0.3, -0.25) is 5.10 Å². The summed E-state index contributed by atoms with van der Waals surface area (Å²) in [5.74, 6) is -0.348. The molecular weight excluding hydrogens is 341 g/mol. The van der Waals surface area contributed by atoms with E-state index < -0.39 is 10.0 Å². The average molecular weight is 357 g/mol. The fourth-order valence-corrected chi connectivity index (χ4v) is 4.52. The normalized spacial score (nSPS) is 15.1. The van der Waals surface area contributed by atoms with Gasteiger partial charge in [0.25, 0.3) is 0 Å². The molecule has 1 aromatic heterocycles. The van der Waals surface area contributed by atoms with Crippen molar-refractivity contribution in [1.82, 2.24) is 14.5 Å². The van der Waals surface area contributed by atoms with Crippen LogP contribution in [0.15, 0.2) is 59.5 Å². The van der Waals surface area contributed by atoms with Crippen molar-refractivity contribution in [2.24, 2.45) is 0 Å². The molecule has 5 nitrogen and oxygen atoms in total. The summed E-state index contributed by atoms with van der Waals surface area (Å²) in [5, 5.41) is 7.25. The number of benzene rings is 2. The Morgan fingerprint density at radius 2 is 1.88 bits per heavy atom. The Bertz CT molecular complexity index is 1020. The van der Waals surface area contributed by atoms with E-state index in [0.29, 0.717) is 24.2 Å². The molecule has 0 saturated carbocycles. The molecule has 25 heavy (non-hydrogen) atoms. The Hall–Kier alpha value is -2.51. The Balaban J connectivity index is 1.71. The largest absolute Gasteiger partial charge is 0.282 e. The van der Waals surface area contributed by atoms with Gasteiger partial charge in [0.15, 0.2) is 0 Å². The maximum atomic E-state index is 13.5. The summed E-state index contributed by atoms with van der Waals surface area (Å²) in [5.41, 5.74) is 2.94. The topological polar surface area (TPSA) is 66.1 Å². The lowest BCUT2D eigenvalue weighted by Gasteiger charge is -2.26. The number of H-pyrrole nitrogens is 1. The maximum absolute atomic E-state index is 13.5. The molecule has 0 fully saturated rings. The highest BCUT2D eigenvalue weighted by Crippen LogP contribution is 2.31. The summed E-state index contributed by atoms with van der Waals surface area (Å²) in [7, 11) is -3.57.